The Kier molecular flexibility index (Phi) is 6.33. The molecule has 0 saturated carbocycles. The van der Waals surface area contributed by atoms with Crippen molar-refractivity contribution < 1.29 is 14.3 Å². The van der Waals surface area contributed by atoms with Gasteiger partial charge >= 0.3 is 0 Å². The lowest BCUT2D eigenvalue weighted by Crippen LogP contribution is -2.11. The van der Waals surface area contributed by atoms with Crippen molar-refractivity contribution in [2.45, 2.75) is 19.8 Å². The molecule has 0 amide bonds. The predicted octanol–water partition coefficient (Wildman–Crippen LogP) is 3.56. The molecule has 0 fully saturated rings. The summed E-state index contributed by atoms with van der Waals surface area (Å²) in [5.41, 5.74) is 0.286. The minimum Gasteiger partial charge on any atom is -0.381 e. The van der Waals surface area contributed by atoms with Crippen molar-refractivity contribution in [2.75, 3.05) is 13.2 Å². The lowest BCUT2D eigenvalue weighted by atomic mass is 10.0. The normalized spacial score (nSPS) is 10.4. The van der Waals surface area contributed by atoms with Gasteiger partial charge in [0.05, 0.1) is 23.1 Å². The van der Waals surface area contributed by atoms with Crippen molar-refractivity contribution in [2.24, 2.45) is 0 Å². The molecule has 98 valence electrons. The van der Waals surface area contributed by atoms with E-state index in [1.807, 2.05) is 6.92 Å². The van der Waals surface area contributed by atoms with Crippen LogP contribution in [-0.4, -0.2) is 24.8 Å². The average Bonchev–Trinajstić information content (AvgIpc) is 2.32. The van der Waals surface area contributed by atoms with Crippen molar-refractivity contribution in [3.63, 3.8) is 0 Å². The van der Waals surface area contributed by atoms with E-state index in [-0.39, 0.29) is 35.0 Å². The second-order valence-electron chi connectivity index (χ2n) is 3.69. The Labute approximate surface area is 116 Å². The van der Waals surface area contributed by atoms with E-state index in [2.05, 4.69) is 0 Å². The standard InChI is InChI=1S/C13H14Cl2O3/c1-2-18-7-6-9(16)8-12(17)10-4-3-5-11(14)13(10)15/h3-5H,2,6-8H2,1H3. The molecular weight excluding hydrogens is 275 g/mol. The van der Waals surface area contributed by atoms with Gasteiger partial charge in [-0.1, -0.05) is 29.3 Å². The van der Waals surface area contributed by atoms with E-state index < -0.39 is 0 Å². The Morgan fingerprint density at radius 3 is 2.67 bits per heavy atom. The van der Waals surface area contributed by atoms with Crippen LogP contribution >= 0.6 is 23.2 Å². The third-order valence-electron chi connectivity index (χ3n) is 2.34. The smallest absolute Gasteiger partial charge is 0.171 e. The Hall–Kier alpha value is -0.900. The molecule has 0 unspecified atom stereocenters. The highest BCUT2D eigenvalue weighted by atomic mass is 35.5. The monoisotopic (exact) mass is 288 g/mol. The molecule has 0 saturated heterocycles. The van der Waals surface area contributed by atoms with E-state index in [1.54, 1.807) is 18.2 Å². The van der Waals surface area contributed by atoms with Crippen LogP contribution in [0.3, 0.4) is 0 Å². The summed E-state index contributed by atoms with van der Waals surface area (Å²) in [6, 6.07) is 4.79. The van der Waals surface area contributed by atoms with Crippen LogP contribution in [0.15, 0.2) is 18.2 Å². The maximum atomic E-state index is 11.9. The molecule has 1 rings (SSSR count). The molecule has 0 aliphatic rings. The van der Waals surface area contributed by atoms with Gasteiger partial charge in [0.15, 0.2) is 5.78 Å². The highest BCUT2D eigenvalue weighted by Gasteiger charge is 2.15. The lowest BCUT2D eigenvalue weighted by molar-refractivity contribution is -0.119. The van der Waals surface area contributed by atoms with Crippen molar-refractivity contribution in [3.8, 4) is 0 Å². The first-order chi connectivity index (χ1) is 8.56. The predicted molar refractivity (Wildman–Crippen MR) is 71.5 cm³/mol. The number of ketones is 2. The quantitative estimate of drug-likeness (QED) is 0.438. The summed E-state index contributed by atoms with van der Waals surface area (Å²) >= 11 is 11.7. The number of halogens is 2. The summed E-state index contributed by atoms with van der Waals surface area (Å²) in [5.74, 6) is -0.478. The van der Waals surface area contributed by atoms with Gasteiger partial charge in [0.2, 0.25) is 0 Å². The van der Waals surface area contributed by atoms with E-state index in [1.165, 1.54) is 0 Å². The molecular formula is C13H14Cl2O3. The van der Waals surface area contributed by atoms with Gasteiger partial charge in [-0.15, -0.1) is 0 Å². The Morgan fingerprint density at radius 2 is 2.00 bits per heavy atom. The first-order valence-corrected chi connectivity index (χ1v) is 6.38. The molecule has 0 heterocycles. The number of ether oxygens (including phenoxy) is 1. The van der Waals surface area contributed by atoms with Crippen LogP contribution < -0.4 is 0 Å². The van der Waals surface area contributed by atoms with E-state index in [9.17, 15) is 9.59 Å². The average molecular weight is 289 g/mol. The van der Waals surface area contributed by atoms with Crippen molar-refractivity contribution in [3.05, 3.63) is 33.8 Å². The maximum absolute atomic E-state index is 11.9. The number of Topliss-reactive ketones (excluding diaryl/α,β-unsaturated/α-hetero) is 2. The van der Waals surface area contributed by atoms with Crippen LogP contribution in [0, 0.1) is 0 Å². The van der Waals surface area contributed by atoms with E-state index in [0.29, 0.717) is 18.2 Å². The minimum atomic E-state index is -0.316. The number of hydrogen-bond acceptors (Lipinski definition) is 3. The molecule has 3 nitrogen and oxygen atoms in total. The van der Waals surface area contributed by atoms with Gasteiger partial charge in [0, 0.05) is 18.6 Å². The summed E-state index contributed by atoms with van der Waals surface area (Å²) in [6.07, 6.45) is 0.0604. The molecule has 5 heteroatoms. The molecule has 0 aromatic heterocycles. The van der Waals surface area contributed by atoms with Crippen molar-refractivity contribution in [1.29, 1.82) is 0 Å². The number of hydrogen-bond donors (Lipinski definition) is 0. The van der Waals surface area contributed by atoms with Gasteiger partial charge in [-0.3, -0.25) is 9.59 Å². The second-order valence-corrected chi connectivity index (χ2v) is 4.47. The van der Waals surface area contributed by atoms with Crippen molar-refractivity contribution >= 4 is 34.8 Å². The molecule has 0 radical (unpaired) electrons. The van der Waals surface area contributed by atoms with Gasteiger partial charge in [-0.05, 0) is 19.1 Å². The lowest BCUT2D eigenvalue weighted by Gasteiger charge is -2.04. The van der Waals surface area contributed by atoms with Gasteiger partial charge in [-0.2, -0.15) is 0 Å². The first kappa shape index (κ1) is 15.2. The van der Waals surface area contributed by atoms with Gasteiger partial charge in [0.25, 0.3) is 0 Å². The zero-order valence-corrected chi connectivity index (χ0v) is 11.6. The SMILES string of the molecule is CCOCCC(=O)CC(=O)c1cccc(Cl)c1Cl. The zero-order chi connectivity index (χ0) is 13.5. The Balaban J connectivity index is 2.60. The summed E-state index contributed by atoms with van der Waals surface area (Å²) in [7, 11) is 0. The maximum Gasteiger partial charge on any atom is 0.171 e. The van der Waals surface area contributed by atoms with Crippen LogP contribution in [0.4, 0.5) is 0 Å². The molecule has 0 atom stereocenters. The summed E-state index contributed by atoms with van der Waals surface area (Å²) in [5, 5.41) is 0.506. The summed E-state index contributed by atoms with van der Waals surface area (Å²) in [6.45, 7) is 2.74. The number of carbonyl (C=O) groups is 2. The minimum absolute atomic E-state index is 0.163. The molecule has 1 aromatic carbocycles. The fourth-order valence-electron chi connectivity index (χ4n) is 1.41. The van der Waals surface area contributed by atoms with Crippen LogP contribution in [0.1, 0.15) is 30.1 Å². The molecule has 0 aliphatic heterocycles. The highest BCUT2D eigenvalue weighted by Crippen LogP contribution is 2.26. The largest absolute Gasteiger partial charge is 0.381 e. The van der Waals surface area contributed by atoms with Crippen molar-refractivity contribution in [1.82, 2.24) is 0 Å². The summed E-state index contributed by atoms with van der Waals surface area (Å²) in [4.78, 5) is 23.4. The van der Waals surface area contributed by atoms with Crippen LogP contribution in [0.25, 0.3) is 0 Å². The van der Waals surface area contributed by atoms with Gasteiger partial charge < -0.3 is 4.74 Å². The Morgan fingerprint density at radius 1 is 1.28 bits per heavy atom. The Bertz CT molecular complexity index is 444. The number of carbonyl (C=O) groups excluding carboxylic acids is 2. The third-order valence-corrected chi connectivity index (χ3v) is 3.16. The summed E-state index contributed by atoms with van der Waals surface area (Å²) < 4.78 is 5.05. The zero-order valence-electron chi connectivity index (χ0n) is 10.0. The van der Waals surface area contributed by atoms with E-state index >= 15 is 0 Å². The third kappa shape index (κ3) is 4.41. The van der Waals surface area contributed by atoms with E-state index in [4.69, 9.17) is 27.9 Å². The molecule has 18 heavy (non-hydrogen) atoms. The van der Waals surface area contributed by atoms with Crippen LogP contribution in [0.5, 0.6) is 0 Å². The highest BCUT2D eigenvalue weighted by molar-refractivity contribution is 6.44. The molecule has 1 aromatic rings. The molecule has 0 N–H and O–H groups in total. The molecule has 0 spiro atoms. The van der Waals surface area contributed by atoms with Crippen LogP contribution in [0.2, 0.25) is 10.0 Å². The number of benzene rings is 1. The topological polar surface area (TPSA) is 43.4 Å². The first-order valence-electron chi connectivity index (χ1n) is 5.63. The molecule has 0 aliphatic carbocycles. The molecule has 0 bridgehead atoms. The van der Waals surface area contributed by atoms with Gasteiger partial charge in [-0.25, -0.2) is 0 Å². The fraction of sp³-hybridized carbons (Fsp3) is 0.385. The second kappa shape index (κ2) is 7.52. The van der Waals surface area contributed by atoms with E-state index in [0.717, 1.165) is 0 Å². The van der Waals surface area contributed by atoms with Gasteiger partial charge in [0.1, 0.15) is 5.78 Å². The fourth-order valence-corrected chi connectivity index (χ4v) is 1.82. The van der Waals surface area contributed by atoms with Crippen LogP contribution in [-0.2, 0) is 9.53 Å². The number of rotatable bonds is 7.